The van der Waals surface area contributed by atoms with Gasteiger partial charge in [-0.25, -0.2) is 17.9 Å². The van der Waals surface area contributed by atoms with E-state index in [1.807, 2.05) is 0 Å². The molecule has 2 N–H and O–H groups in total. The molecule has 0 saturated carbocycles. The van der Waals surface area contributed by atoms with Gasteiger partial charge in [0.05, 0.1) is 0 Å². The number of hydrogen-bond acceptors (Lipinski definition) is 4. The molecule has 0 atom stereocenters. The number of nitrogens with one attached hydrogen (secondary N) is 1. The zero-order chi connectivity index (χ0) is 13.2. The molecule has 1 rings (SSSR count). The molecule has 0 unspecified atom stereocenters. The summed E-state index contributed by atoms with van der Waals surface area (Å²) in [6.45, 7) is 3.15. The van der Waals surface area contributed by atoms with Crippen LogP contribution in [0.3, 0.4) is 0 Å². The summed E-state index contributed by atoms with van der Waals surface area (Å²) in [5.74, 6) is -1.85. The Bertz CT molecular complexity index is 564. The molecule has 6 nitrogen and oxygen atoms in total. The lowest BCUT2D eigenvalue weighted by molar-refractivity contribution is 0.0661. The Morgan fingerprint density at radius 1 is 1.65 bits per heavy atom. The monoisotopic (exact) mass is 343 g/mol. The van der Waals surface area contributed by atoms with Gasteiger partial charge in [0.25, 0.3) is 0 Å². The second kappa shape index (κ2) is 5.21. The van der Waals surface area contributed by atoms with Gasteiger partial charge in [-0.3, -0.25) is 0 Å². The number of rotatable bonds is 5. The average Bonchev–Trinajstić information content (AvgIpc) is 2.58. The first-order chi connectivity index (χ1) is 7.74. The van der Waals surface area contributed by atoms with Crippen LogP contribution in [0.5, 0.6) is 0 Å². The molecule has 0 aliphatic rings. The van der Waals surface area contributed by atoms with Crippen LogP contribution < -0.4 is 4.72 Å². The molecule has 9 heteroatoms. The molecule has 94 valence electrons. The van der Waals surface area contributed by atoms with Gasteiger partial charge in [0.1, 0.15) is 4.90 Å². The molecule has 0 spiro atoms. The Labute approximate surface area is 110 Å². The number of hydrogen-bond donors (Lipinski definition) is 2. The molecule has 0 radical (unpaired) electrons. The van der Waals surface area contributed by atoms with E-state index in [4.69, 9.17) is 21.1 Å². The lowest BCUT2D eigenvalue weighted by Gasteiger charge is -2.02. The number of halogens is 2. The quantitative estimate of drug-likeness (QED) is 0.848. The van der Waals surface area contributed by atoms with E-state index in [9.17, 15) is 13.2 Å². The van der Waals surface area contributed by atoms with Crippen molar-refractivity contribution >= 4 is 43.5 Å². The second-order valence-corrected chi connectivity index (χ2v) is 5.89. The summed E-state index contributed by atoms with van der Waals surface area (Å²) in [5, 5.41) is 8.74. The Balaban J connectivity index is 3.07. The molecule has 0 aliphatic heterocycles. The number of sulfonamides is 1. The van der Waals surface area contributed by atoms with E-state index >= 15 is 0 Å². The first-order valence-corrected chi connectivity index (χ1v) is 6.75. The zero-order valence-electron chi connectivity index (χ0n) is 8.24. The fourth-order valence-corrected chi connectivity index (χ4v) is 3.00. The maximum Gasteiger partial charge on any atom is 0.371 e. The van der Waals surface area contributed by atoms with E-state index in [1.165, 1.54) is 0 Å². The summed E-state index contributed by atoms with van der Waals surface area (Å²) in [6.07, 6.45) is 0. The molecular formula is C8H7BrClNO5S. The Morgan fingerprint density at radius 2 is 2.24 bits per heavy atom. The predicted octanol–water partition coefficient (Wildman–Crippen LogP) is 1.77. The van der Waals surface area contributed by atoms with Crippen LogP contribution in [0.4, 0.5) is 0 Å². The lowest BCUT2D eigenvalue weighted by Crippen LogP contribution is -2.24. The fraction of sp³-hybridized carbons (Fsp3) is 0.125. The molecule has 0 aliphatic carbocycles. The topological polar surface area (TPSA) is 96.6 Å². The molecule has 0 aromatic carbocycles. The minimum absolute atomic E-state index is 0.103. The highest BCUT2D eigenvalue weighted by atomic mass is 79.9. The zero-order valence-corrected chi connectivity index (χ0v) is 11.4. The molecule has 0 amide bonds. The van der Waals surface area contributed by atoms with Crippen LogP contribution in [0.2, 0.25) is 0 Å². The van der Waals surface area contributed by atoms with Gasteiger partial charge in [-0.15, -0.1) is 0 Å². The highest BCUT2D eigenvalue weighted by Crippen LogP contribution is 2.26. The van der Waals surface area contributed by atoms with Gasteiger partial charge in [-0.05, 0) is 15.9 Å². The van der Waals surface area contributed by atoms with Gasteiger partial charge in [0.2, 0.25) is 15.8 Å². The largest absolute Gasteiger partial charge is 0.475 e. The maximum atomic E-state index is 11.7. The molecule has 0 fully saturated rings. The van der Waals surface area contributed by atoms with Crippen molar-refractivity contribution in [1.82, 2.24) is 4.72 Å². The Kier molecular flexibility index (Phi) is 4.36. The summed E-state index contributed by atoms with van der Waals surface area (Å²) in [5.41, 5.74) is 0. The van der Waals surface area contributed by atoms with Crippen LogP contribution in [0.15, 0.2) is 31.7 Å². The molecule has 0 saturated heterocycles. The van der Waals surface area contributed by atoms with Crippen molar-refractivity contribution < 1.29 is 22.7 Å². The van der Waals surface area contributed by atoms with Gasteiger partial charge in [-0.1, -0.05) is 18.2 Å². The Morgan fingerprint density at radius 3 is 2.65 bits per heavy atom. The van der Waals surface area contributed by atoms with Crippen molar-refractivity contribution in [2.45, 2.75) is 4.90 Å². The third kappa shape index (κ3) is 3.56. The van der Waals surface area contributed by atoms with Gasteiger partial charge >= 0.3 is 5.97 Å². The minimum Gasteiger partial charge on any atom is -0.475 e. The smallest absolute Gasteiger partial charge is 0.371 e. The molecular weight excluding hydrogens is 338 g/mol. The van der Waals surface area contributed by atoms with Crippen LogP contribution in [0, 0.1) is 0 Å². The number of furan rings is 1. The van der Waals surface area contributed by atoms with Crippen molar-refractivity contribution in [3.05, 3.63) is 28.1 Å². The number of aromatic carboxylic acids is 1. The summed E-state index contributed by atoms with van der Waals surface area (Å²) in [4.78, 5) is 10.3. The molecule has 1 aromatic rings. The summed E-state index contributed by atoms with van der Waals surface area (Å²) < 4.78 is 30.0. The third-order valence-corrected chi connectivity index (χ3v) is 4.00. The third-order valence-electron chi connectivity index (χ3n) is 1.61. The molecule has 17 heavy (non-hydrogen) atoms. The fourth-order valence-electron chi connectivity index (χ4n) is 0.892. The van der Waals surface area contributed by atoms with Crippen molar-refractivity contribution in [3.63, 3.8) is 0 Å². The Hall–Kier alpha value is -0.830. The molecule has 1 aromatic heterocycles. The number of carboxylic acids is 1. The van der Waals surface area contributed by atoms with E-state index in [1.54, 1.807) is 0 Å². The molecule has 1 heterocycles. The van der Waals surface area contributed by atoms with Crippen LogP contribution in [0.1, 0.15) is 10.6 Å². The second-order valence-electron chi connectivity index (χ2n) is 2.90. The highest BCUT2D eigenvalue weighted by Gasteiger charge is 2.24. The van der Waals surface area contributed by atoms with Crippen molar-refractivity contribution in [2.24, 2.45) is 0 Å². The first kappa shape index (κ1) is 14.2. The lowest BCUT2D eigenvalue weighted by atomic mass is 10.5. The molecule has 0 bridgehead atoms. The SMILES string of the molecule is C=C(Cl)CNS(=O)(=O)c1cc(C(=O)O)oc1Br. The van der Waals surface area contributed by atoms with Crippen LogP contribution in [-0.4, -0.2) is 26.0 Å². The number of carboxylic acid groups (broad SMARTS) is 1. The van der Waals surface area contributed by atoms with Crippen molar-refractivity contribution in [1.29, 1.82) is 0 Å². The average molecular weight is 345 g/mol. The highest BCUT2D eigenvalue weighted by molar-refractivity contribution is 9.10. The summed E-state index contributed by atoms with van der Waals surface area (Å²) >= 11 is 8.24. The van der Waals surface area contributed by atoms with E-state index in [-0.39, 0.29) is 21.1 Å². The summed E-state index contributed by atoms with van der Waals surface area (Å²) in [6, 6.07) is 0.895. The van der Waals surface area contributed by atoms with Crippen LogP contribution in [0.25, 0.3) is 0 Å². The van der Waals surface area contributed by atoms with E-state index in [0.717, 1.165) is 6.07 Å². The normalized spacial score (nSPS) is 11.4. The van der Waals surface area contributed by atoms with Gasteiger partial charge in [0, 0.05) is 17.6 Å². The van der Waals surface area contributed by atoms with E-state index in [2.05, 4.69) is 27.2 Å². The first-order valence-electron chi connectivity index (χ1n) is 4.09. The van der Waals surface area contributed by atoms with Gasteiger partial charge < -0.3 is 9.52 Å². The van der Waals surface area contributed by atoms with E-state index < -0.39 is 21.8 Å². The van der Waals surface area contributed by atoms with Crippen molar-refractivity contribution in [3.8, 4) is 0 Å². The number of carbonyl (C=O) groups is 1. The van der Waals surface area contributed by atoms with Crippen molar-refractivity contribution in [2.75, 3.05) is 6.54 Å². The predicted molar refractivity (Wildman–Crippen MR) is 63.5 cm³/mol. The van der Waals surface area contributed by atoms with E-state index in [0.29, 0.717) is 0 Å². The standard InChI is InChI=1S/C8H7BrClNO5S/c1-4(10)3-11-17(14,15)6-2-5(8(12)13)16-7(6)9/h2,11H,1,3H2,(H,12,13). The van der Waals surface area contributed by atoms with Crippen LogP contribution >= 0.6 is 27.5 Å². The van der Waals surface area contributed by atoms with Crippen LogP contribution in [-0.2, 0) is 10.0 Å². The van der Waals surface area contributed by atoms with Gasteiger partial charge in [0.15, 0.2) is 4.67 Å². The minimum atomic E-state index is -3.90. The summed E-state index contributed by atoms with van der Waals surface area (Å²) in [7, 11) is -3.90. The van der Waals surface area contributed by atoms with Gasteiger partial charge in [-0.2, -0.15) is 0 Å². The maximum absolute atomic E-state index is 11.7.